The van der Waals surface area contributed by atoms with Gasteiger partial charge >= 0.3 is 0 Å². The van der Waals surface area contributed by atoms with Gasteiger partial charge in [0.05, 0.1) is 10.6 Å². The monoisotopic (exact) mass is 282 g/mol. The van der Waals surface area contributed by atoms with Gasteiger partial charge in [-0.05, 0) is 36.1 Å². The Kier molecular flexibility index (Phi) is 3.64. The number of hydrogen-bond acceptors (Lipinski definition) is 4. The summed E-state index contributed by atoms with van der Waals surface area (Å²) in [6.45, 7) is 0. The summed E-state index contributed by atoms with van der Waals surface area (Å²) >= 11 is 0. The van der Waals surface area contributed by atoms with Gasteiger partial charge in [-0.3, -0.25) is 10.1 Å². The predicted molar refractivity (Wildman–Crippen MR) is 79.1 cm³/mol. The van der Waals surface area contributed by atoms with Gasteiger partial charge in [0.1, 0.15) is 0 Å². The second kappa shape index (κ2) is 5.75. The molecule has 0 aliphatic carbocycles. The first-order chi connectivity index (χ1) is 10.2. The van der Waals surface area contributed by atoms with E-state index in [1.807, 2.05) is 30.3 Å². The van der Waals surface area contributed by atoms with Crippen LogP contribution in [0.4, 0.5) is 5.69 Å². The number of nitro groups is 1. The molecule has 0 fully saturated rings. The van der Waals surface area contributed by atoms with Gasteiger partial charge in [0.2, 0.25) is 0 Å². The summed E-state index contributed by atoms with van der Waals surface area (Å²) in [7, 11) is 0. The number of nitrogens with zero attached hydrogens (tertiary/aromatic N) is 2. The summed E-state index contributed by atoms with van der Waals surface area (Å²) in [6, 6.07) is 16.4. The fourth-order valence-electron chi connectivity index (χ4n) is 2.36. The maximum Gasteiger partial charge on any atom is 0.269 e. The van der Waals surface area contributed by atoms with Crippen molar-refractivity contribution in [2.45, 2.75) is 18.9 Å². The Bertz CT molecular complexity index is 666. The van der Waals surface area contributed by atoms with Crippen LogP contribution >= 0.6 is 0 Å². The van der Waals surface area contributed by atoms with Crippen molar-refractivity contribution < 1.29 is 9.76 Å². The minimum absolute atomic E-state index is 0.0204. The Morgan fingerprint density at radius 3 is 2.38 bits per heavy atom. The van der Waals surface area contributed by atoms with Gasteiger partial charge in [-0.1, -0.05) is 35.5 Å². The van der Waals surface area contributed by atoms with Crippen LogP contribution < -0.4 is 0 Å². The number of oxime groups is 1. The molecule has 0 amide bonds. The second-order valence-electron chi connectivity index (χ2n) is 4.89. The average molecular weight is 282 g/mol. The molecule has 1 atom stereocenters. The van der Waals surface area contributed by atoms with E-state index in [1.54, 1.807) is 12.1 Å². The number of rotatable bonds is 3. The molecule has 1 aliphatic heterocycles. The fourth-order valence-corrected chi connectivity index (χ4v) is 2.36. The molecule has 0 bridgehead atoms. The first-order valence-electron chi connectivity index (χ1n) is 6.76. The number of non-ortho nitro benzene ring substituents is 1. The molecule has 1 unspecified atom stereocenters. The van der Waals surface area contributed by atoms with E-state index >= 15 is 0 Å². The van der Waals surface area contributed by atoms with Gasteiger partial charge in [-0.25, -0.2) is 0 Å². The molecule has 2 aromatic rings. The van der Waals surface area contributed by atoms with Crippen molar-refractivity contribution in [3.63, 3.8) is 0 Å². The highest BCUT2D eigenvalue weighted by molar-refractivity contribution is 6.00. The van der Waals surface area contributed by atoms with Crippen molar-refractivity contribution in [2.24, 2.45) is 5.16 Å². The Morgan fingerprint density at radius 1 is 1.10 bits per heavy atom. The van der Waals surface area contributed by atoms with E-state index in [0.717, 1.165) is 29.7 Å². The smallest absolute Gasteiger partial charge is 0.269 e. The van der Waals surface area contributed by atoms with Crippen molar-refractivity contribution in [2.75, 3.05) is 0 Å². The van der Waals surface area contributed by atoms with E-state index < -0.39 is 4.92 Å². The molecule has 0 aromatic heterocycles. The zero-order valence-electron chi connectivity index (χ0n) is 11.3. The van der Waals surface area contributed by atoms with Gasteiger partial charge in [-0.15, -0.1) is 0 Å². The first-order valence-corrected chi connectivity index (χ1v) is 6.76. The van der Waals surface area contributed by atoms with E-state index in [1.165, 1.54) is 12.1 Å². The second-order valence-corrected chi connectivity index (χ2v) is 4.89. The van der Waals surface area contributed by atoms with E-state index in [0.29, 0.717) is 0 Å². The van der Waals surface area contributed by atoms with Crippen molar-refractivity contribution in [1.29, 1.82) is 0 Å². The van der Waals surface area contributed by atoms with E-state index in [4.69, 9.17) is 4.84 Å². The molecule has 5 nitrogen and oxygen atoms in total. The molecule has 1 heterocycles. The van der Waals surface area contributed by atoms with Crippen LogP contribution in [0.25, 0.3) is 0 Å². The molecule has 2 aromatic carbocycles. The van der Waals surface area contributed by atoms with Crippen LogP contribution in [0, 0.1) is 10.1 Å². The average Bonchev–Trinajstić information content (AvgIpc) is 2.56. The molecule has 5 heteroatoms. The predicted octanol–water partition coefficient (Wildman–Crippen LogP) is 3.85. The lowest BCUT2D eigenvalue weighted by Gasteiger charge is -2.21. The first kappa shape index (κ1) is 13.3. The van der Waals surface area contributed by atoms with Crippen LogP contribution in [0.5, 0.6) is 0 Å². The zero-order valence-corrected chi connectivity index (χ0v) is 11.3. The third kappa shape index (κ3) is 2.91. The molecule has 0 radical (unpaired) electrons. The van der Waals surface area contributed by atoms with Crippen LogP contribution in [0.15, 0.2) is 59.8 Å². The maximum atomic E-state index is 10.6. The molecule has 0 saturated heterocycles. The van der Waals surface area contributed by atoms with Crippen molar-refractivity contribution in [3.05, 3.63) is 75.8 Å². The maximum absolute atomic E-state index is 10.6. The molecule has 3 rings (SSSR count). The van der Waals surface area contributed by atoms with Gasteiger partial charge in [0.25, 0.3) is 5.69 Å². The zero-order chi connectivity index (χ0) is 14.7. The summed E-state index contributed by atoms with van der Waals surface area (Å²) in [5.41, 5.74) is 2.89. The minimum Gasteiger partial charge on any atom is -0.387 e. The molecule has 0 N–H and O–H groups in total. The highest BCUT2D eigenvalue weighted by Gasteiger charge is 2.20. The summed E-state index contributed by atoms with van der Waals surface area (Å²) in [5.74, 6) is 0. The Hall–Kier alpha value is -2.69. The molecule has 106 valence electrons. The summed E-state index contributed by atoms with van der Waals surface area (Å²) in [5, 5.41) is 14.8. The van der Waals surface area contributed by atoms with Crippen molar-refractivity contribution >= 4 is 11.4 Å². The van der Waals surface area contributed by atoms with Crippen LogP contribution in [0.1, 0.15) is 30.1 Å². The number of hydrogen-bond donors (Lipinski definition) is 0. The van der Waals surface area contributed by atoms with Gasteiger partial charge in [0.15, 0.2) is 6.10 Å². The third-order valence-electron chi connectivity index (χ3n) is 3.52. The molecule has 0 saturated carbocycles. The van der Waals surface area contributed by atoms with E-state index in [-0.39, 0.29) is 11.8 Å². The number of nitro benzene ring substituents is 1. The fraction of sp³-hybridized carbons (Fsp3) is 0.188. The normalized spacial score (nSPS) is 17.7. The Labute approximate surface area is 122 Å². The summed E-state index contributed by atoms with van der Waals surface area (Å²) in [6.07, 6.45) is 1.62. The summed E-state index contributed by atoms with van der Waals surface area (Å²) < 4.78 is 0. The minimum atomic E-state index is -0.408. The molecule has 0 spiro atoms. The van der Waals surface area contributed by atoms with Crippen LogP contribution in [-0.2, 0) is 4.84 Å². The third-order valence-corrected chi connectivity index (χ3v) is 3.52. The lowest BCUT2D eigenvalue weighted by molar-refractivity contribution is -0.384. The van der Waals surface area contributed by atoms with Crippen LogP contribution in [0.2, 0.25) is 0 Å². The lowest BCUT2D eigenvalue weighted by Crippen LogP contribution is -2.13. The molecule has 1 aliphatic rings. The summed E-state index contributed by atoms with van der Waals surface area (Å²) in [4.78, 5) is 15.8. The highest BCUT2D eigenvalue weighted by Crippen LogP contribution is 2.28. The van der Waals surface area contributed by atoms with Crippen LogP contribution in [-0.4, -0.2) is 10.6 Å². The SMILES string of the molecule is O=[N+]([O-])c1ccc(C2=NOC(c3ccccc3)CC2)cc1. The van der Waals surface area contributed by atoms with E-state index in [2.05, 4.69) is 5.16 Å². The number of benzene rings is 2. The molecular formula is C16H14N2O3. The largest absolute Gasteiger partial charge is 0.387 e. The Balaban J connectivity index is 1.74. The lowest BCUT2D eigenvalue weighted by atomic mass is 9.99. The standard InChI is InChI=1S/C16H14N2O3/c19-18(20)14-8-6-12(7-9-14)15-10-11-16(21-17-15)13-4-2-1-3-5-13/h1-9,16H,10-11H2. The van der Waals surface area contributed by atoms with E-state index in [9.17, 15) is 10.1 Å². The Morgan fingerprint density at radius 2 is 1.81 bits per heavy atom. The quantitative estimate of drug-likeness (QED) is 0.634. The molecule has 21 heavy (non-hydrogen) atoms. The van der Waals surface area contributed by atoms with Gasteiger partial charge in [-0.2, -0.15) is 0 Å². The highest BCUT2D eigenvalue weighted by atomic mass is 16.6. The van der Waals surface area contributed by atoms with Crippen molar-refractivity contribution in [1.82, 2.24) is 0 Å². The van der Waals surface area contributed by atoms with Gasteiger partial charge in [0, 0.05) is 12.1 Å². The molecular weight excluding hydrogens is 268 g/mol. The van der Waals surface area contributed by atoms with Crippen molar-refractivity contribution in [3.8, 4) is 0 Å². The topological polar surface area (TPSA) is 64.7 Å². The van der Waals surface area contributed by atoms with Gasteiger partial charge < -0.3 is 4.84 Å². The van der Waals surface area contributed by atoms with Crippen LogP contribution in [0.3, 0.4) is 0 Å².